The van der Waals surface area contributed by atoms with E-state index in [-0.39, 0.29) is 0 Å². The molecule has 28 heavy (non-hydrogen) atoms. The van der Waals surface area contributed by atoms with E-state index in [1.165, 1.54) is 18.4 Å². The molecular formula is C22H24Cl2N4. The highest BCUT2D eigenvalue weighted by Gasteiger charge is 2.25. The summed E-state index contributed by atoms with van der Waals surface area (Å²) in [4.78, 5) is 2.48. The molecule has 0 bridgehead atoms. The molecule has 3 heterocycles. The molecule has 0 N–H and O–H groups in total. The van der Waals surface area contributed by atoms with Crippen LogP contribution in [0.25, 0.3) is 5.65 Å². The van der Waals surface area contributed by atoms with Crippen LogP contribution >= 0.6 is 23.2 Å². The zero-order valence-corrected chi connectivity index (χ0v) is 17.3. The number of fused-ring (bicyclic) bond motifs is 1. The van der Waals surface area contributed by atoms with Crippen LogP contribution in [-0.2, 0) is 13.0 Å². The molecule has 1 aromatic carbocycles. The lowest BCUT2D eigenvalue weighted by atomic mass is 9.89. The summed E-state index contributed by atoms with van der Waals surface area (Å²) in [5, 5.41) is 10.4. The number of pyridine rings is 1. The minimum absolute atomic E-state index is 0.546. The highest BCUT2D eigenvalue weighted by Crippen LogP contribution is 2.34. The molecule has 1 aliphatic heterocycles. The first-order valence-electron chi connectivity index (χ1n) is 10.2. The fourth-order valence-electron chi connectivity index (χ4n) is 4.30. The average molecular weight is 415 g/mol. The summed E-state index contributed by atoms with van der Waals surface area (Å²) in [5.74, 6) is 2.36. The Bertz CT molecular complexity index is 987. The Morgan fingerprint density at radius 3 is 2.50 bits per heavy atom. The van der Waals surface area contributed by atoms with Crippen molar-refractivity contribution < 1.29 is 0 Å². The summed E-state index contributed by atoms with van der Waals surface area (Å²) in [7, 11) is 0. The van der Waals surface area contributed by atoms with E-state index in [1.54, 1.807) is 0 Å². The highest BCUT2D eigenvalue weighted by molar-refractivity contribution is 6.34. The van der Waals surface area contributed by atoms with Crippen molar-refractivity contribution in [2.45, 2.75) is 44.6 Å². The fourth-order valence-corrected chi connectivity index (χ4v) is 4.84. The maximum absolute atomic E-state index is 6.70. The Hall–Kier alpha value is -1.62. The number of aromatic nitrogens is 3. The Morgan fingerprint density at radius 1 is 0.964 bits per heavy atom. The summed E-state index contributed by atoms with van der Waals surface area (Å²) in [6.07, 6.45) is 7.97. The number of halogens is 2. The molecule has 4 nitrogen and oxygen atoms in total. The maximum atomic E-state index is 6.70. The molecule has 146 valence electrons. The Morgan fingerprint density at radius 2 is 1.75 bits per heavy atom. The van der Waals surface area contributed by atoms with Crippen LogP contribution in [0.2, 0.25) is 10.0 Å². The van der Waals surface area contributed by atoms with Gasteiger partial charge in [-0.05, 0) is 73.9 Å². The van der Waals surface area contributed by atoms with Gasteiger partial charge in [0.05, 0.1) is 5.02 Å². The van der Waals surface area contributed by atoms with E-state index in [0.717, 1.165) is 71.9 Å². The van der Waals surface area contributed by atoms with Gasteiger partial charge in [0.1, 0.15) is 5.82 Å². The van der Waals surface area contributed by atoms with Crippen LogP contribution < -0.4 is 0 Å². The standard InChI is InChI=1S/C22H24Cl2N4/c23-19-4-2-1-3-18(19)16-7-10-27(11-8-16)14-17-9-12-28-20(13-15-5-6-15)25-26-22(28)21(17)24/h1-4,9,12,15-16H,5-8,10-11,13-14H2. The molecule has 0 atom stereocenters. The predicted octanol–water partition coefficient (Wildman–Crippen LogP) is 5.37. The Labute approximate surface area is 175 Å². The molecule has 0 radical (unpaired) electrons. The first kappa shape index (κ1) is 18.4. The molecule has 0 amide bonds. The van der Waals surface area contributed by atoms with Crippen molar-refractivity contribution in [1.82, 2.24) is 19.5 Å². The molecule has 1 saturated carbocycles. The van der Waals surface area contributed by atoms with E-state index in [1.807, 2.05) is 12.1 Å². The summed E-state index contributed by atoms with van der Waals surface area (Å²) in [6.45, 7) is 2.96. The van der Waals surface area contributed by atoms with Crippen molar-refractivity contribution in [1.29, 1.82) is 0 Å². The zero-order valence-electron chi connectivity index (χ0n) is 15.8. The molecule has 2 aliphatic rings. The third kappa shape index (κ3) is 3.66. The molecule has 2 fully saturated rings. The highest BCUT2D eigenvalue weighted by atomic mass is 35.5. The number of piperidine rings is 1. The van der Waals surface area contributed by atoms with Crippen LogP contribution in [0.5, 0.6) is 0 Å². The first-order valence-corrected chi connectivity index (χ1v) is 10.9. The topological polar surface area (TPSA) is 33.4 Å². The van der Waals surface area contributed by atoms with Gasteiger partial charge in [0, 0.05) is 24.2 Å². The number of rotatable bonds is 5. The number of likely N-dealkylation sites (tertiary alicyclic amines) is 1. The van der Waals surface area contributed by atoms with Gasteiger partial charge in [0.15, 0.2) is 5.65 Å². The van der Waals surface area contributed by atoms with Crippen LogP contribution in [0.4, 0.5) is 0 Å². The lowest BCUT2D eigenvalue weighted by molar-refractivity contribution is 0.204. The van der Waals surface area contributed by atoms with E-state index in [0.29, 0.717) is 5.92 Å². The van der Waals surface area contributed by atoms with Crippen LogP contribution in [0.3, 0.4) is 0 Å². The third-order valence-corrected chi connectivity index (χ3v) is 6.92. The minimum Gasteiger partial charge on any atom is -0.299 e. The van der Waals surface area contributed by atoms with Gasteiger partial charge in [-0.15, -0.1) is 10.2 Å². The molecule has 6 heteroatoms. The molecule has 2 aromatic heterocycles. The minimum atomic E-state index is 0.546. The summed E-state index contributed by atoms with van der Waals surface area (Å²) < 4.78 is 2.06. The fraction of sp³-hybridized carbons (Fsp3) is 0.455. The summed E-state index contributed by atoms with van der Waals surface area (Å²) >= 11 is 13.1. The van der Waals surface area contributed by atoms with E-state index < -0.39 is 0 Å². The van der Waals surface area contributed by atoms with Crippen molar-refractivity contribution >= 4 is 28.8 Å². The molecule has 3 aromatic rings. The molecule has 1 saturated heterocycles. The molecular weight excluding hydrogens is 391 g/mol. The zero-order chi connectivity index (χ0) is 19.1. The van der Waals surface area contributed by atoms with E-state index in [2.05, 4.69) is 43.9 Å². The van der Waals surface area contributed by atoms with Crippen molar-refractivity contribution in [3.8, 4) is 0 Å². The monoisotopic (exact) mass is 414 g/mol. The lowest BCUT2D eigenvalue weighted by Gasteiger charge is -2.32. The second-order valence-corrected chi connectivity index (χ2v) is 8.97. The summed E-state index contributed by atoms with van der Waals surface area (Å²) in [5.41, 5.74) is 3.21. The van der Waals surface area contributed by atoms with Gasteiger partial charge in [0.2, 0.25) is 0 Å². The van der Waals surface area contributed by atoms with Crippen molar-refractivity contribution in [3.63, 3.8) is 0 Å². The van der Waals surface area contributed by atoms with Crippen molar-refractivity contribution in [2.75, 3.05) is 13.1 Å². The molecule has 0 spiro atoms. The predicted molar refractivity (Wildman–Crippen MR) is 113 cm³/mol. The van der Waals surface area contributed by atoms with Gasteiger partial charge in [0.25, 0.3) is 0 Å². The van der Waals surface area contributed by atoms with Gasteiger partial charge in [-0.3, -0.25) is 9.30 Å². The van der Waals surface area contributed by atoms with E-state index >= 15 is 0 Å². The SMILES string of the molecule is Clc1ccccc1C1CCN(Cc2ccn3c(CC4CC4)nnc3c2Cl)CC1. The van der Waals surface area contributed by atoms with Gasteiger partial charge < -0.3 is 0 Å². The number of hydrogen-bond donors (Lipinski definition) is 0. The van der Waals surface area contributed by atoms with Crippen molar-refractivity contribution in [2.24, 2.45) is 5.92 Å². The Kier molecular flexibility index (Phi) is 5.04. The van der Waals surface area contributed by atoms with Gasteiger partial charge in [-0.25, -0.2) is 0 Å². The number of benzene rings is 1. The molecule has 5 rings (SSSR count). The first-order chi connectivity index (χ1) is 13.7. The van der Waals surface area contributed by atoms with Crippen LogP contribution in [-0.4, -0.2) is 32.6 Å². The summed E-state index contributed by atoms with van der Waals surface area (Å²) in [6, 6.07) is 10.4. The number of hydrogen-bond acceptors (Lipinski definition) is 3. The molecule has 0 unspecified atom stereocenters. The second kappa shape index (κ2) is 7.66. The Balaban J connectivity index is 1.27. The van der Waals surface area contributed by atoms with Crippen LogP contribution in [0.15, 0.2) is 36.5 Å². The van der Waals surface area contributed by atoms with Crippen LogP contribution in [0, 0.1) is 5.92 Å². The van der Waals surface area contributed by atoms with E-state index in [9.17, 15) is 0 Å². The van der Waals surface area contributed by atoms with E-state index in [4.69, 9.17) is 23.2 Å². The van der Waals surface area contributed by atoms with Gasteiger partial charge in [-0.2, -0.15) is 0 Å². The van der Waals surface area contributed by atoms with Gasteiger partial charge >= 0.3 is 0 Å². The maximum Gasteiger partial charge on any atom is 0.179 e. The average Bonchev–Trinajstić information content (AvgIpc) is 3.43. The number of nitrogens with zero attached hydrogens (tertiary/aromatic N) is 4. The third-order valence-electron chi connectivity index (χ3n) is 6.16. The van der Waals surface area contributed by atoms with Gasteiger partial charge in [-0.1, -0.05) is 41.4 Å². The molecule has 1 aliphatic carbocycles. The second-order valence-electron chi connectivity index (χ2n) is 8.18. The van der Waals surface area contributed by atoms with Crippen LogP contribution in [0.1, 0.15) is 48.6 Å². The quantitative estimate of drug-likeness (QED) is 0.562. The normalized spacial score (nSPS) is 18.8. The largest absolute Gasteiger partial charge is 0.299 e. The van der Waals surface area contributed by atoms with Crippen molar-refractivity contribution in [3.05, 3.63) is 63.5 Å². The smallest absolute Gasteiger partial charge is 0.179 e. The lowest BCUT2D eigenvalue weighted by Crippen LogP contribution is -2.32.